The van der Waals surface area contributed by atoms with Crippen molar-refractivity contribution >= 4 is 0 Å². The highest BCUT2D eigenvalue weighted by Crippen LogP contribution is 2.37. The summed E-state index contributed by atoms with van der Waals surface area (Å²) in [6.45, 7) is 3.17. The average molecular weight is 181 g/mol. The number of hydrogen-bond acceptors (Lipinski definition) is 3. The Labute approximate surface area is 77.6 Å². The molecular weight excluding hydrogens is 166 g/mol. The molecule has 0 spiro atoms. The summed E-state index contributed by atoms with van der Waals surface area (Å²) in [5.41, 5.74) is 0. The summed E-state index contributed by atoms with van der Waals surface area (Å²) in [6.07, 6.45) is 4.42. The van der Waals surface area contributed by atoms with E-state index >= 15 is 0 Å². The first-order valence-corrected chi connectivity index (χ1v) is 4.79. The second-order valence-corrected chi connectivity index (χ2v) is 3.87. The molecule has 0 radical (unpaired) electrons. The molecule has 1 unspecified atom stereocenters. The minimum atomic E-state index is -0.0165. The molecule has 1 heterocycles. The number of hydrogen-bond donors (Lipinski definition) is 1. The van der Waals surface area contributed by atoms with E-state index in [2.05, 4.69) is 17.1 Å². The third-order valence-electron chi connectivity index (χ3n) is 2.75. The Balaban J connectivity index is 1.99. The Morgan fingerprint density at radius 2 is 2.46 bits per heavy atom. The minimum absolute atomic E-state index is 0.0165. The molecule has 0 amide bonds. The topological polar surface area (TPSA) is 50.9 Å². The molecule has 1 aromatic heterocycles. The van der Waals surface area contributed by atoms with Crippen molar-refractivity contribution in [2.75, 3.05) is 0 Å². The van der Waals surface area contributed by atoms with Gasteiger partial charge in [-0.15, -0.1) is 10.2 Å². The first-order chi connectivity index (χ1) is 6.31. The lowest BCUT2D eigenvalue weighted by atomic mass is 10.1. The van der Waals surface area contributed by atoms with Crippen LogP contribution in [0.4, 0.5) is 0 Å². The largest absolute Gasteiger partial charge is 0.388 e. The molecule has 1 fully saturated rings. The van der Waals surface area contributed by atoms with Gasteiger partial charge in [0.1, 0.15) is 12.9 Å². The summed E-state index contributed by atoms with van der Waals surface area (Å²) in [6, 6.07) is 0. The van der Waals surface area contributed by atoms with E-state index in [1.165, 1.54) is 12.8 Å². The van der Waals surface area contributed by atoms with Crippen LogP contribution in [0.25, 0.3) is 0 Å². The van der Waals surface area contributed by atoms with E-state index in [0.29, 0.717) is 11.7 Å². The smallest absolute Gasteiger partial charge is 0.158 e. The number of aromatic nitrogens is 3. The minimum Gasteiger partial charge on any atom is -0.388 e. The molecule has 1 aliphatic carbocycles. The third kappa shape index (κ3) is 1.88. The molecule has 1 aromatic rings. The second kappa shape index (κ2) is 3.46. The molecule has 0 bridgehead atoms. The van der Waals surface area contributed by atoms with Crippen LogP contribution in [0.15, 0.2) is 6.33 Å². The van der Waals surface area contributed by atoms with Gasteiger partial charge >= 0.3 is 0 Å². The van der Waals surface area contributed by atoms with Crippen molar-refractivity contribution in [1.29, 1.82) is 0 Å². The Morgan fingerprint density at radius 3 is 3.08 bits per heavy atom. The van der Waals surface area contributed by atoms with Crippen molar-refractivity contribution in [2.45, 2.75) is 32.9 Å². The SMILES string of the molecule is CC(Cn1cnnc1CO)C1CC1. The van der Waals surface area contributed by atoms with Crippen LogP contribution in [0, 0.1) is 11.8 Å². The van der Waals surface area contributed by atoms with Crippen LogP contribution in [-0.4, -0.2) is 19.9 Å². The molecule has 2 rings (SSSR count). The predicted molar refractivity (Wildman–Crippen MR) is 47.8 cm³/mol. The molecule has 0 aliphatic heterocycles. The summed E-state index contributed by atoms with van der Waals surface area (Å²) in [5, 5.41) is 16.6. The molecule has 4 nitrogen and oxygen atoms in total. The van der Waals surface area contributed by atoms with Crippen molar-refractivity contribution in [3.05, 3.63) is 12.2 Å². The number of aliphatic hydroxyl groups excluding tert-OH is 1. The number of nitrogens with zero attached hydrogens (tertiary/aromatic N) is 3. The van der Waals surface area contributed by atoms with Crippen molar-refractivity contribution < 1.29 is 5.11 Å². The fourth-order valence-electron chi connectivity index (χ4n) is 1.68. The maximum absolute atomic E-state index is 8.95. The van der Waals surface area contributed by atoms with Gasteiger partial charge in [-0.3, -0.25) is 0 Å². The van der Waals surface area contributed by atoms with Crippen LogP contribution in [0.5, 0.6) is 0 Å². The van der Waals surface area contributed by atoms with E-state index in [1.807, 2.05) is 4.57 Å². The second-order valence-electron chi connectivity index (χ2n) is 3.87. The van der Waals surface area contributed by atoms with Gasteiger partial charge in [0.15, 0.2) is 5.82 Å². The lowest BCUT2D eigenvalue weighted by Gasteiger charge is -2.11. The maximum Gasteiger partial charge on any atom is 0.158 e. The summed E-state index contributed by atoms with van der Waals surface area (Å²) < 4.78 is 1.95. The van der Waals surface area contributed by atoms with E-state index in [4.69, 9.17) is 5.11 Å². The van der Waals surface area contributed by atoms with Crippen LogP contribution < -0.4 is 0 Å². The first kappa shape index (κ1) is 8.69. The molecule has 1 aliphatic rings. The standard InChI is InChI=1S/C9H15N3O/c1-7(8-2-3-8)4-12-6-10-11-9(12)5-13/h6-8,13H,2-5H2,1H3. The third-order valence-corrected chi connectivity index (χ3v) is 2.75. The van der Waals surface area contributed by atoms with Gasteiger partial charge in [-0.05, 0) is 24.7 Å². The van der Waals surface area contributed by atoms with E-state index < -0.39 is 0 Å². The zero-order chi connectivity index (χ0) is 9.26. The number of aliphatic hydroxyl groups is 1. The molecule has 72 valence electrons. The quantitative estimate of drug-likeness (QED) is 0.748. The number of rotatable bonds is 4. The summed E-state index contributed by atoms with van der Waals surface area (Å²) in [5.74, 6) is 2.24. The van der Waals surface area contributed by atoms with Gasteiger partial charge in [0.05, 0.1) is 0 Å². The summed E-state index contributed by atoms with van der Waals surface area (Å²) >= 11 is 0. The van der Waals surface area contributed by atoms with Crippen molar-refractivity contribution in [2.24, 2.45) is 11.8 Å². The zero-order valence-electron chi connectivity index (χ0n) is 7.85. The first-order valence-electron chi connectivity index (χ1n) is 4.79. The molecule has 1 atom stereocenters. The van der Waals surface area contributed by atoms with Crippen LogP contribution in [-0.2, 0) is 13.2 Å². The van der Waals surface area contributed by atoms with E-state index in [9.17, 15) is 0 Å². The van der Waals surface area contributed by atoms with Crippen molar-refractivity contribution in [3.8, 4) is 0 Å². The predicted octanol–water partition coefficient (Wildman–Crippen LogP) is 0.817. The van der Waals surface area contributed by atoms with Gasteiger partial charge in [-0.1, -0.05) is 6.92 Å². The summed E-state index contributed by atoms with van der Waals surface area (Å²) in [4.78, 5) is 0. The monoisotopic (exact) mass is 181 g/mol. The Morgan fingerprint density at radius 1 is 1.69 bits per heavy atom. The van der Waals surface area contributed by atoms with Crippen molar-refractivity contribution in [1.82, 2.24) is 14.8 Å². The van der Waals surface area contributed by atoms with Gasteiger partial charge in [0.2, 0.25) is 0 Å². The molecule has 1 saturated carbocycles. The van der Waals surface area contributed by atoms with Gasteiger partial charge < -0.3 is 9.67 Å². The van der Waals surface area contributed by atoms with Gasteiger partial charge in [0, 0.05) is 6.54 Å². The van der Waals surface area contributed by atoms with Crippen LogP contribution in [0.2, 0.25) is 0 Å². The lowest BCUT2D eigenvalue weighted by Crippen LogP contribution is -2.11. The molecule has 0 saturated heterocycles. The van der Waals surface area contributed by atoms with Gasteiger partial charge in [-0.2, -0.15) is 0 Å². The molecule has 0 aromatic carbocycles. The lowest BCUT2D eigenvalue weighted by molar-refractivity contribution is 0.260. The summed E-state index contributed by atoms with van der Waals surface area (Å²) in [7, 11) is 0. The Hall–Kier alpha value is -0.900. The Kier molecular flexibility index (Phi) is 2.31. The average Bonchev–Trinajstić information content (AvgIpc) is 2.88. The maximum atomic E-state index is 8.95. The van der Waals surface area contributed by atoms with Gasteiger partial charge in [-0.25, -0.2) is 0 Å². The van der Waals surface area contributed by atoms with Crippen LogP contribution >= 0.6 is 0 Å². The van der Waals surface area contributed by atoms with Crippen LogP contribution in [0.3, 0.4) is 0 Å². The van der Waals surface area contributed by atoms with Crippen molar-refractivity contribution in [3.63, 3.8) is 0 Å². The van der Waals surface area contributed by atoms with Crippen LogP contribution in [0.1, 0.15) is 25.6 Å². The normalized spacial score (nSPS) is 18.9. The van der Waals surface area contributed by atoms with E-state index in [1.54, 1.807) is 6.33 Å². The van der Waals surface area contributed by atoms with Gasteiger partial charge in [0.25, 0.3) is 0 Å². The fourth-order valence-corrected chi connectivity index (χ4v) is 1.68. The highest BCUT2D eigenvalue weighted by molar-refractivity contribution is 4.86. The molecular formula is C9H15N3O. The van der Waals surface area contributed by atoms with E-state index in [-0.39, 0.29) is 6.61 Å². The zero-order valence-corrected chi connectivity index (χ0v) is 7.85. The Bertz CT molecular complexity index is 280. The highest BCUT2D eigenvalue weighted by Gasteiger charge is 2.28. The molecule has 13 heavy (non-hydrogen) atoms. The molecule has 4 heteroatoms. The van der Waals surface area contributed by atoms with E-state index in [0.717, 1.165) is 12.5 Å². The molecule has 1 N–H and O–H groups in total. The highest BCUT2D eigenvalue weighted by atomic mass is 16.3. The fraction of sp³-hybridized carbons (Fsp3) is 0.778.